The first-order valence-electron chi connectivity index (χ1n) is 7.33. The highest BCUT2D eigenvalue weighted by atomic mass is 32.2. The molecule has 100 valence electrons. The molecule has 0 nitrogen and oxygen atoms in total. The number of allylic oxidation sites excluding steroid dienone is 1. The van der Waals surface area contributed by atoms with Gasteiger partial charge in [-0.3, -0.25) is 0 Å². The average Bonchev–Trinajstić information content (AvgIpc) is 2.35. The van der Waals surface area contributed by atoms with E-state index >= 15 is 0 Å². The van der Waals surface area contributed by atoms with Crippen LogP contribution in [-0.2, 0) is 0 Å². The third-order valence-corrected chi connectivity index (χ3v) is 3.54. The van der Waals surface area contributed by atoms with Crippen LogP contribution in [0.1, 0.15) is 77.6 Å². The summed E-state index contributed by atoms with van der Waals surface area (Å²) in [7, 11) is 0. The zero-order valence-corrected chi connectivity index (χ0v) is 12.4. The van der Waals surface area contributed by atoms with Crippen molar-refractivity contribution in [1.82, 2.24) is 0 Å². The molecule has 0 radical (unpaired) electrons. The Labute approximate surface area is 113 Å². The molecule has 0 spiro atoms. The summed E-state index contributed by atoms with van der Waals surface area (Å²) in [6.45, 7) is 5.95. The van der Waals surface area contributed by atoms with Gasteiger partial charge in [-0.15, -0.1) is 11.8 Å². The highest BCUT2D eigenvalue weighted by Gasteiger charge is 1.91. The van der Waals surface area contributed by atoms with E-state index in [4.69, 9.17) is 0 Å². The van der Waals surface area contributed by atoms with Gasteiger partial charge in [0.2, 0.25) is 0 Å². The van der Waals surface area contributed by atoms with E-state index < -0.39 is 0 Å². The van der Waals surface area contributed by atoms with Crippen LogP contribution in [0.4, 0.5) is 0 Å². The Morgan fingerprint density at radius 2 is 1.35 bits per heavy atom. The number of hydrogen-bond acceptors (Lipinski definition) is 1. The summed E-state index contributed by atoms with van der Waals surface area (Å²) in [5, 5.41) is 4.01. The van der Waals surface area contributed by atoms with Gasteiger partial charge >= 0.3 is 0 Å². The Kier molecular flexibility index (Phi) is 15.7. The van der Waals surface area contributed by atoms with Gasteiger partial charge in [-0.1, -0.05) is 77.4 Å². The minimum atomic E-state index is 1.23. The van der Waals surface area contributed by atoms with Crippen molar-refractivity contribution < 1.29 is 0 Å². The minimum Gasteiger partial charge on any atom is -0.107 e. The maximum absolute atomic E-state index is 3.67. The molecule has 1 heteroatoms. The van der Waals surface area contributed by atoms with Gasteiger partial charge in [0.05, 0.1) is 0 Å². The van der Waals surface area contributed by atoms with E-state index in [9.17, 15) is 0 Å². The van der Waals surface area contributed by atoms with E-state index in [1.165, 1.54) is 70.6 Å². The van der Waals surface area contributed by atoms with Crippen molar-refractivity contribution in [2.24, 2.45) is 0 Å². The van der Waals surface area contributed by atoms with E-state index in [0.29, 0.717) is 0 Å². The second-order valence-corrected chi connectivity index (χ2v) is 5.52. The molecule has 0 aliphatic heterocycles. The van der Waals surface area contributed by atoms with E-state index in [2.05, 4.69) is 25.0 Å². The van der Waals surface area contributed by atoms with Gasteiger partial charge in [0.1, 0.15) is 0 Å². The molecule has 0 amide bonds. The number of rotatable bonds is 13. The molecule has 0 aliphatic carbocycles. The van der Waals surface area contributed by atoms with E-state index in [-0.39, 0.29) is 0 Å². The van der Waals surface area contributed by atoms with Crippen LogP contribution in [0, 0.1) is 0 Å². The van der Waals surface area contributed by atoms with Crippen LogP contribution in [0.3, 0.4) is 0 Å². The molecule has 0 aliphatic rings. The summed E-state index contributed by atoms with van der Waals surface area (Å²) < 4.78 is 0. The fourth-order valence-corrected chi connectivity index (χ4v) is 2.29. The molecular formula is C16H30S. The smallest absolute Gasteiger partial charge is 0.0288 e. The second kappa shape index (κ2) is 15.8. The van der Waals surface area contributed by atoms with Gasteiger partial charge in [0.15, 0.2) is 0 Å². The Morgan fingerprint density at radius 1 is 0.824 bits per heavy atom. The third kappa shape index (κ3) is 15.8. The Balaban J connectivity index is 2.96. The first-order chi connectivity index (χ1) is 8.41. The maximum atomic E-state index is 3.67. The van der Waals surface area contributed by atoms with Gasteiger partial charge in [0.25, 0.3) is 0 Å². The lowest BCUT2D eigenvalue weighted by molar-refractivity contribution is 0.557. The van der Waals surface area contributed by atoms with Crippen LogP contribution in [0.25, 0.3) is 0 Å². The fourth-order valence-electron chi connectivity index (χ4n) is 1.93. The summed E-state index contributed by atoms with van der Waals surface area (Å²) >= 11 is 1.67. The van der Waals surface area contributed by atoms with Gasteiger partial charge < -0.3 is 0 Å². The first-order valence-corrected chi connectivity index (χ1v) is 8.27. The van der Waals surface area contributed by atoms with E-state index in [0.717, 1.165) is 0 Å². The highest BCUT2D eigenvalue weighted by Crippen LogP contribution is 2.12. The summed E-state index contributed by atoms with van der Waals surface area (Å²) in [5.41, 5.74) is 0. The largest absolute Gasteiger partial charge is 0.107 e. The second-order valence-electron chi connectivity index (χ2n) is 4.65. The van der Waals surface area contributed by atoms with Crippen LogP contribution in [-0.4, -0.2) is 0 Å². The highest BCUT2D eigenvalue weighted by molar-refractivity contribution is 8.04. The number of hydrogen-bond donors (Lipinski definition) is 0. The summed E-state index contributed by atoms with van der Waals surface area (Å²) in [6.07, 6.45) is 17.7. The molecule has 0 saturated carbocycles. The molecule has 0 saturated heterocycles. The molecule has 0 aromatic heterocycles. The summed E-state index contributed by atoms with van der Waals surface area (Å²) in [4.78, 5) is 0. The normalized spacial score (nSPS) is 11.1. The molecule has 17 heavy (non-hydrogen) atoms. The first kappa shape index (κ1) is 16.8. The number of unbranched alkanes of at least 4 members (excludes halogenated alkanes) is 10. The van der Waals surface area contributed by atoms with Crippen molar-refractivity contribution in [3.63, 3.8) is 0 Å². The van der Waals surface area contributed by atoms with Crippen LogP contribution in [0.15, 0.2) is 23.5 Å². The van der Waals surface area contributed by atoms with Crippen molar-refractivity contribution in [2.75, 3.05) is 0 Å². The summed E-state index contributed by atoms with van der Waals surface area (Å²) in [6, 6.07) is 0. The van der Waals surface area contributed by atoms with Gasteiger partial charge in [-0.05, 0) is 23.7 Å². The zero-order valence-electron chi connectivity index (χ0n) is 11.6. The van der Waals surface area contributed by atoms with Crippen LogP contribution >= 0.6 is 11.8 Å². The van der Waals surface area contributed by atoms with Crippen molar-refractivity contribution in [2.45, 2.75) is 77.6 Å². The van der Waals surface area contributed by atoms with Crippen LogP contribution < -0.4 is 0 Å². The van der Waals surface area contributed by atoms with Crippen LogP contribution in [0.2, 0.25) is 0 Å². The predicted octanol–water partition coefficient (Wildman–Crippen LogP) is 6.69. The monoisotopic (exact) mass is 254 g/mol. The van der Waals surface area contributed by atoms with Gasteiger partial charge in [0, 0.05) is 0 Å². The van der Waals surface area contributed by atoms with E-state index in [1.54, 1.807) is 11.8 Å². The van der Waals surface area contributed by atoms with Gasteiger partial charge in [-0.2, -0.15) is 0 Å². The molecule has 0 N–H and O–H groups in total. The molecule has 0 aromatic carbocycles. The minimum absolute atomic E-state index is 1.23. The molecule has 0 aromatic rings. The summed E-state index contributed by atoms with van der Waals surface area (Å²) in [5.74, 6) is 0. The number of thioether (sulfide) groups is 1. The average molecular weight is 254 g/mol. The Bertz CT molecular complexity index is 172. The lowest BCUT2D eigenvalue weighted by Gasteiger charge is -2.01. The molecule has 0 unspecified atom stereocenters. The van der Waals surface area contributed by atoms with Crippen molar-refractivity contribution in [1.29, 1.82) is 0 Å². The van der Waals surface area contributed by atoms with Gasteiger partial charge in [-0.25, -0.2) is 0 Å². The third-order valence-electron chi connectivity index (χ3n) is 3.00. The van der Waals surface area contributed by atoms with Crippen molar-refractivity contribution >= 4 is 11.8 Å². The molecule has 0 heterocycles. The SMILES string of the molecule is C=CSC=CCCCCCCCCCCCC. The molecule has 0 fully saturated rings. The topological polar surface area (TPSA) is 0 Å². The molecular weight excluding hydrogens is 224 g/mol. The quantitative estimate of drug-likeness (QED) is 0.330. The Morgan fingerprint density at radius 3 is 1.88 bits per heavy atom. The maximum Gasteiger partial charge on any atom is -0.0288 e. The molecule has 0 bridgehead atoms. The van der Waals surface area contributed by atoms with Crippen molar-refractivity contribution in [3.05, 3.63) is 23.5 Å². The van der Waals surface area contributed by atoms with Crippen LogP contribution in [0.5, 0.6) is 0 Å². The zero-order chi connectivity index (χ0) is 12.6. The lowest BCUT2D eigenvalue weighted by atomic mass is 10.1. The molecule has 0 rings (SSSR count). The Hall–Kier alpha value is -0.170. The fraction of sp³-hybridized carbons (Fsp3) is 0.750. The molecule has 0 atom stereocenters. The standard InChI is InChI=1S/C16H30S/c1-3-5-6-7-8-9-10-11-12-13-14-15-16-17-4-2/h4,15-16H,2-3,5-14H2,1H3. The van der Waals surface area contributed by atoms with E-state index in [1.807, 2.05) is 5.41 Å². The van der Waals surface area contributed by atoms with Crippen molar-refractivity contribution in [3.8, 4) is 0 Å². The predicted molar refractivity (Wildman–Crippen MR) is 83.4 cm³/mol. The lowest BCUT2D eigenvalue weighted by Crippen LogP contribution is -1.81.